The summed E-state index contributed by atoms with van der Waals surface area (Å²) in [6.07, 6.45) is 1.57. The molecule has 3 aromatic rings. The first-order chi connectivity index (χ1) is 16.7. The predicted octanol–water partition coefficient (Wildman–Crippen LogP) is 5.57. The molecule has 4 rings (SSSR count). The van der Waals surface area contributed by atoms with Gasteiger partial charge < -0.3 is 19.2 Å². The highest BCUT2D eigenvalue weighted by Gasteiger charge is 2.34. The van der Waals surface area contributed by atoms with Crippen molar-refractivity contribution in [3.05, 3.63) is 91.4 Å². The Kier molecular flexibility index (Phi) is 7.42. The van der Waals surface area contributed by atoms with Gasteiger partial charge in [-0.15, -0.1) is 0 Å². The van der Waals surface area contributed by atoms with E-state index in [0.29, 0.717) is 26.9 Å². The van der Waals surface area contributed by atoms with Crippen LogP contribution in [0, 0.1) is 6.92 Å². The fourth-order valence-electron chi connectivity index (χ4n) is 3.35. The first kappa shape index (κ1) is 24.7. The van der Waals surface area contributed by atoms with E-state index in [0.717, 1.165) is 10.5 Å². The summed E-state index contributed by atoms with van der Waals surface area (Å²) in [5, 5.41) is 2.57. The van der Waals surface area contributed by atoms with Gasteiger partial charge in [-0.05, 0) is 80.3 Å². The van der Waals surface area contributed by atoms with Crippen molar-refractivity contribution < 1.29 is 28.3 Å². The topological polar surface area (TPSA) is 98.1 Å². The van der Waals surface area contributed by atoms with Crippen LogP contribution in [0.4, 0.5) is 4.79 Å². The highest BCUT2D eigenvalue weighted by molar-refractivity contribution is 9.11. The summed E-state index contributed by atoms with van der Waals surface area (Å²) in [4.78, 5) is 37.8. The molecule has 0 radical (unpaired) electrons. The van der Waals surface area contributed by atoms with E-state index in [1.54, 1.807) is 18.2 Å². The molecule has 1 aliphatic heterocycles. The van der Waals surface area contributed by atoms with Gasteiger partial charge in [-0.25, -0.2) is 9.59 Å². The summed E-state index contributed by atoms with van der Waals surface area (Å²) in [7, 11) is 1.23. The Morgan fingerprint density at radius 3 is 2.43 bits per heavy atom. The van der Waals surface area contributed by atoms with Crippen LogP contribution < -0.4 is 10.1 Å². The van der Waals surface area contributed by atoms with E-state index in [9.17, 15) is 14.4 Å². The zero-order valence-electron chi connectivity index (χ0n) is 18.8. The third-order valence-electron chi connectivity index (χ3n) is 5.16. The standard InChI is InChI=1S/C25H20Br2N2O6/c1-14-3-5-15(6-4-14)13-34-22-18(26)9-16(10-19(22)27)11-20-23(30)29(25(32)28-20)12-17-7-8-21(35-17)24(31)33-2/h3-11H,12-13H2,1-2H3,(H,28,32)/b20-11-. The van der Waals surface area contributed by atoms with Gasteiger partial charge in [0.2, 0.25) is 5.76 Å². The first-order valence-corrected chi connectivity index (χ1v) is 12.0. The number of aryl methyl sites for hydroxylation is 1. The van der Waals surface area contributed by atoms with Gasteiger partial charge >= 0.3 is 12.0 Å². The van der Waals surface area contributed by atoms with Crippen LogP contribution in [-0.2, 0) is 22.7 Å². The number of methoxy groups -OCH3 is 1. The van der Waals surface area contributed by atoms with Crippen molar-refractivity contribution in [3.8, 4) is 5.75 Å². The van der Waals surface area contributed by atoms with Crippen molar-refractivity contribution in [2.75, 3.05) is 7.11 Å². The van der Waals surface area contributed by atoms with Crippen LogP contribution in [0.2, 0.25) is 0 Å². The molecular formula is C25H20Br2N2O6. The van der Waals surface area contributed by atoms with Crippen molar-refractivity contribution in [3.63, 3.8) is 0 Å². The van der Waals surface area contributed by atoms with Gasteiger partial charge in [-0.3, -0.25) is 9.69 Å². The van der Waals surface area contributed by atoms with Crippen molar-refractivity contribution in [2.45, 2.75) is 20.1 Å². The predicted molar refractivity (Wildman–Crippen MR) is 134 cm³/mol. The van der Waals surface area contributed by atoms with Crippen LogP contribution in [0.5, 0.6) is 5.75 Å². The van der Waals surface area contributed by atoms with Gasteiger partial charge in [0, 0.05) is 0 Å². The number of furan rings is 1. The monoisotopic (exact) mass is 602 g/mol. The minimum atomic E-state index is -0.642. The summed E-state index contributed by atoms with van der Waals surface area (Å²) in [6, 6.07) is 14.0. The van der Waals surface area contributed by atoms with Crippen LogP contribution in [0.3, 0.4) is 0 Å². The van der Waals surface area contributed by atoms with E-state index in [2.05, 4.69) is 41.9 Å². The molecule has 0 spiro atoms. The Morgan fingerprint density at radius 1 is 1.09 bits per heavy atom. The Balaban J connectivity index is 1.47. The van der Waals surface area contributed by atoms with Crippen molar-refractivity contribution >= 4 is 55.8 Å². The van der Waals surface area contributed by atoms with Crippen molar-refractivity contribution in [1.82, 2.24) is 10.2 Å². The molecule has 1 fully saturated rings. The second-order valence-electron chi connectivity index (χ2n) is 7.72. The Hall–Kier alpha value is -3.37. The van der Waals surface area contributed by atoms with Crippen LogP contribution in [0.15, 0.2) is 67.6 Å². The summed E-state index contributed by atoms with van der Waals surface area (Å²) in [5.41, 5.74) is 3.00. The molecule has 180 valence electrons. The normalized spacial score (nSPS) is 14.4. The maximum absolute atomic E-state index is 12.8. The highest BCUT2D eigenvalue weighted by Crippen LogP contribution is 2.36. The average molecular weight is 604 g/mol. The van der Waals surface area contributed by atoms with Crippen LogP contribution in [0.1, 0.15) is 33.0 Å². The summed E-state index contributed by atoms with van der Waals surface area (Å²) in [5.74, 6) is -0.273. The van der Waals surface area contributed by atoms with E-state index in [1.165, 1.54) is 24.8 Å². The van der Waals surface area contributed by atoms with E-state index >= 15 is 0 Å². The van der Waals surface area contributed by atoms with E-state index < -0.39 is 17.9 Å². The lowest BCUT2D eigenvalue weighted by Gasteiger charge is -2.12. The number of amides is 3. The number of esters is 1. The van der Waals surface area contributed by atoms with Crippen molar-refractivity contribution in [1.29, 1.82) is 0 Å². The van der Waals surface area contributed by atoms with E-state index in [-0.39, 0.29) is 23.8 Å². The number of nitrogens with one attached hydrogen (secondary N) is 1. The molecule has 1 N–H and O–H groups in total. The fourth-order valence-corrected chi connectivity index (χ4v) is 4.80. The smallest absolute Gasteiger partial charge is 0.373 e. The first-order valence-electron chi connectivity index (χ1n) is 10.4. The third kappa shape index (κ3) is 5.66. The van der Waals surface area contributed by atoms with Gasteiger partial charge in [0.15, 0.2) is 0 Å². The SMILES string of the molecule is COC(=O)c1ccc(CN2C(=O)N/C(=C\c3cc(Br)c(OCc4ccc(C)cc4)c(Br)c3)C2=O)o1. The number of carbonyl (C=O) groups is 3. The molecule has 0 atom stereocenters. The molecule has 35 heavy (non-hydrogen) atoms. The van der Waals surface area contributed by atoms with Crippen LogP contribution in [0.25, 0.3) is 6.08 Å². The quantitative estimate of drug-likeness (QED) is 0.215. The number of nitrogens with zero attached hydrogens (tertiary/aromatic N) is 1. The zero-order valence-corrected chi connectivity index (χ0v) is 21.9. The largest absolute Gasteiger partial charge is 0.487 e. The Morgan fingerprint density at radius 2 is 1.77 bits per heavy atom. The summed E-state index contributed by atoms with van der Waals surface area (Å²) < 4.78 is 17.3. The molecule has 0 bridgehead atoms. The molecule has 0 aliphatic carbocycles. The molecule has 0 unspecified atom stereocenters. The second-order valence-corrected chi connectivity index (χ2v) is 9.43. The molecule has 1 saturated heterocycles. The lowest BCUT2D eigenvalue weighted by Crippen LogP contribution is -2.30. The molecule has 2 aromatic carbocycles. The number of carbonyl (C=O) groups excluding carboxylic acids is 3. The Bertz CT molecular complexity index is 1310. The number of hydrogen-bond donors (Lipinski definition) is 1. The van der Waals surface area contributed by atoms with Gasteiger partial charge in [-0.2, -0.15) is 0 Å². The summed E-state index contributed by atoms with van der Waals surface area (Å²) >= 11 is 7.04. The molecule has 3 amide bonds. The molecule has 1 aliphatic rings. The number of benzene rings is 2. The molecule has 2 heterocycles. The van der Waals surface area contributed by atoms with E-state index in [1.807, 2.05) is 31.2 Å². The highest BCUT2D eigenvalue weighted by atomic mass is 79.9. The summed E-state index contributed by atoms with van der Waals surface area (Å²) in [6.45, 7) is 2.30. The maximum atomic E-state index is 12.8. The number of urea groups is 1. The fraction of sp³-hybridized carbons (Fsp3) is 0.160. The number of imide groups is 1. The van der Waals surface area contributed by atoms with Gasteiger partial charge in [0.1, 0.15) is 23.8 Å². The number of hydrogen-bond acceptors (Lipinski definition) is 6. The molecule has 10 heteroatoms. The van der Waals surface area contributed by atoms with E-state index in [4.69, 9.17) is 9.15 Å². The number of halogens is 2. The van der Waals surface area contributed by atoms with Gasteiger partial charge in [0.25, 0.3) is 5.91 Å². The lowest BCUT2D eigenvalue weighted by molar-refractivity contribution is -0.123. The number of ether oxygens (including phenoxy) is 2. The van der Waals surface area contributed by atoms with Crippen LogP contribution >= 0.6 is 31.9 Å². The minimum absolute atomic E-state index is 0.00953. The average Bonchev–Trinajstić information content (AvgIpc) is 3.39. The third-order valence-corrected chi connectivity index (χ3v) is 6.34. The molecule has 8 nitrogen and oxygen atoms in total. The Labute approximate surface area is 218 Å². The lowest BCUT2D eigenvalue weighted by atomic mass is 10.1. The molecular weight excluding hydrogens is 584 g/mol. The van der Waals surface area contributed by atoms with Crippen LogP contribution in [-0.4, -0.2) is 29.9 Å². The van der Waals surface area contributed by atoms with Gasteiger partial charge in [0.05, 0.1) is 22.6 Å². The second kappa shape index (κ2) is 10.5. The van der Waals surface area contributed by atoms with Crippen molar-refractivity contribution in [2.24, 2.45) is 0 Å². The maximum Gasteiger partial charge on any atom is 0.373 e. The van der Waals surface area contributed by atoms with Gasteiger partial charge in [-0.1, -0.05) is 29.8 Å². The number of rotatable bonds is 7. The molecule has 0 saturated carbocycles. The minimum Gasteiger partial charge on any atom is -0.487 e. The molecule has 1 aromatic heterocycles. The zero-order chi connectivity index (χ0) is 25.1.